The van der Waals surface area contributed by atoms with Gasteiger partial charge in [0.1, 0.15) is 6.54 Å². The Morgan fingerprint density at radius 3 is 2.11 bits per heavy atom. The van der Waals surface area contributed by atoms with Crippen molar-refractivity contribution in [1.29, 1.82) is 0 Å². The second-order valence-corrected chi connectivity index (χ2v) is 6.44. The maximum absolute atomic E-state index is 13.3. The second kappa shape index (κ2) is 7.82. The molecule has 0 unspecified atom stereocenters. The highest BCUT2D eigenvalue weighted by atomic mass is 19.4. The first kappa shape index (κ1) is 20.5. The summed E-state index contributed by atoms with van der Waals surface area (Å²) in [4.78, 5) is 25.3. The van der Waals surface area contributed by atoms with E-state index >= 15 is 0 Å². The Morgan fingerprint density at radius 1 is 1.04 bits per heavy atom. The summed E-state index contributed by atoms with van der Waals surface area (Å²) < 4.78 is 39.8. The highest BCUT2D eigenvalue weighted by Gasteiger charge is 2.35. The minimum Gasteiger partial charge on any atom is -0.324 e. The average Bonchev–Trinajstić information content (AvgIpc) is 2.55. The lowest BCUT2D eigenvalue weighted by atomic mass is 10.1. The molecule has 0 heterocycles. The molecule has 2 rings (SSSR count). The van der Waals surface area contributed by atoms with Gasteiger partial charge in [-0.05, 0) is 44.0 Å². The third-order valence-corrected chi connectivity index (χ3v) is 4.12. The van der Waals surface area contributed by atoms with E-state index in [1.165, 1.54) is 18.2 Å². The summed E-state index contributed by atoms with van der Waals surface area (Å²) >= 11 is 0. The van der Waals surface area contributed by atoms with Crippen molar-refractivity contribution in [1.82, 2.24) is 0 Å². The highest BCUT2D eigenvalue weighted by Crippen LogP contribution is 2.36. The lowest BCUT2D eigenvalue weighted by Crippen LogP contribution is -2.38. The molecule has 0 aliphatic rings. The van der Waals surface area contributed by atoms with Gasteiger partial charge in [0, 0.05) is 12.6 Å². The van der Waals surface area contributed by atoms with Crippen LogP contribution in [0.3, 0.4) is 0 Å². The van der Waals surface area contributed by atoms with Crippen LogP contribution in [0.1, 0.15) is 29.2 Å². The Balaban J connectivity index is 2.31. The van der Waals surface area contributed by atoms with E-state index in [0.717, 1.165) is 34.6 Å². The predicted molar refractivity (Wildman–Crippen MR) is 98.8 cm³/mol. The SMILES string of the molecule is CC(=O)N(CC(=O)Nc1c(C)cc(C)cc1C)c1ccccc1C(F)(F)F. The number of carbonyl (C=O) groups is 2. The monoisotopic (exact) mass is 378 g/mol. The Hall–Kier alpha value is -2.83. The molecule has 0 saturated carbocycles. The van der Waals surface area contributed by atoms with Crippen LogP contribution >= 0.6 is 0 Å². The largest absolute Gasteiger partial charge is 0.418 e. The number of nitrogens with one attached hydrogen (secondary N) is 1. The van der Waals surface area contributed by atoms with Gasteiger partial charge in [-0.2, -0.15) is 13.2 Å². The van der Waals surface area contributed by atoms with Gasteiger partial charge in [0.25, 0.3) is 0 Å². The first-order valence-corrected chi connectivity index (χ1v) is 8.32. The first-order chi connectivity index (χ1) is 12.5. The molecule has 1 N–H and O–H groups in total. The van der Waals surface area contributed by atoms with Crippen LogP contribution in [-0.2, 0) is 15.8 Å². The van der Waals surface area contributed by atoms with Crippen molar-refractivity contribution in [3.8, 4) is 0 Å². The van der Waals surface area contributed by atoms with Crippen molar-refractivity contribution in [2.24, 2.45) is 0 Å². The summed E-state index contributed by atoms with van der Waals surface area (Å²) in [6, 6.07) is 8.49. The minimum absolute atomic E-state index is 0.343. The van der Waals surface area contributed by atoms with Crippen molar-refractivity contribution in [2.45, 2.75) is 33.9 Å². The van der Waals surface area contributed by atoms with E-state index < -0.39 is 30.1 Å². The number of carbonyl (C=O) groups excluding carboxylic acids is 2. The smallest absolute Gasteiger partial charge is 0.324 e. The average molecular weight is 378 g/mol. The van der Waals surface area contributed by atoms with Gasteiger partial charge in [-0.25, -0.2) is 0 Å². The van der Waals surface area contributed by atoms with E-state index in [-0.39, 0.29) is 5.69 Å². The van der Waals surface area contributed by atoms with Gasteiger partial charge in [-0.15, -0.1) is 0 Å². The lowest BCUT2D eigenvalue weighted by Gasteiger charge is -2.24. The topological polar surface area (TPSA) is 49.4 Å². The molecule has 0 aliphatic heterocycles. The molecule has 0 radical (unpaired) electrons. The Labute approximate surface area is 156 Å². The van der Waals surface area contributed by atoms with Gasteiger partial charge in [0.05, 0.1) is 11.3 Å². The Morgan fingerprint density at radius 2 is 1.59 bits per heavy atom. The number of anilines is 2. The quantitative estimate of drug-likeness (QED) is 0.844. The summed E-state index contributed by atoms with van der Waals surface area (Å²) in [5.41, 5.74) is 2.00. The predicted octanol–water partition coefficient (Wildman–Crippen LogP) is 4.62. The standard InChI is InChI=1S/C20H21F3N2O2/c1-12-9-13(2)19(14(3)10-12)24-18(27)11-25(15(4)26)17-8-6-5-7-16(17)20(21,22)23/h5-10H,11H2,1-4H3,(H,24,27). The molecule has 0 saturated heterocycles. The normalized spacial score (nSPS) is 11.2. The maximum atomic E-state index is 13.3. The van der Waals surface area contributed by atoms with Crippen LogP contribution in [0.2, 0.25) is 0 Å². The van der Waals surface area contributed by atoms with Crippen LogP contribution in [-0.4, -0.2) is 18.4 Å². The molecule has 0 bridgehead atoms. The number of aryl methyl sites for hydroxylation is 3. The van der Waals surface area contributed by atoms with Crippen LogP contribution in [0, 0.1) is 20.8 Å². The number of hydrogen-bond donors (Lipinski definition) is 1. The molecule has 144 valence electrons. The number of benzene rings is 2. The number of alkyl halides is 3. The van der Waals surface area contributed by atoms with E-state index in [1.807, 2.05) is 32.9 Å². The molecule has 0 aliphatic carbocycles. The fourth-order valence-corrected chi connectivity index (χ4v) is 3.01. The van der Waals surface area contributed by atoms with Gasteiger partial charge in [0.15, 0.2) is 0 Å². The fourth-order valence-electron chi connectivity index (χ4n) is 3.01. The molecule has 4 nitrogen and oxygen atoms in total. The summed E-state index contributed by atoms with van der Waals surface area (Å²) in [6.07, 6.45) is -4.63. The molecule has 0 spiro atoms. The van der Waals surface area contributed by atoms with E-state index in [1.54, 1.807) is 0 Å². The molecule has 0 atom stereocenters. The van der Waals surface area contributed by atoms with E-state index in [2.05, 4.69) is 5.32 Å². The van der Waals surface area contributed by atoms with Crippen molar-refractivity contribution in [3.63, 3.8) is 0 Å². The number of halogens is 3. The number of para-hydroxylation sites is 1. The molecule has 2 aromatic carbocycles. The lowest BCUT2D eigenvalue weighted by molar-refractivity contribution is -0.137. The molecular weight excluding hydrogens is 357 g/mol. The zero-order valence-electron chi connectivity index (χ0n) is 15.6. The van der Waals surface area contributed by atoms with Crippen molar-refractivity contribution < 1.29 is 22.8 Å². The van der Waals surface area contributed by atoms with Crippen LogP contribution in [0.25, 0.3) is 0 Å². The molecule has 2 aromatic rings. The van der Waals surface area contributed by atoms with Crippen LogP contribution in [0.15, 0.2) is 36.4 Å². The third kappa shape index (κ3) is 4.87. The highest BCUT2D eigenvalue weighted by molar-refractivity contribution is 6.02. The van der Waals surface area contributed by atoms with Gasteiger partial charge in [-0.3, -0.25) is 9.59 Å². The molecule has 0 fully saturated rings. The molecule has 0 aromatic heterocycles. The summed E-state index contributed by atoms with van der Waals surface area (Å²) in [7, 11) is 0. The molecular formula is C20H21F3N2O2. The fraction of sp³-hybridized carbons (Fsp3) is 0.300. The van der Waals surface area contributed by atoms with Gasteiger partial charge < -0.3 is 10.2 Å². The van der Waals surface area contributed by atoms with Crippen LogP contribution in [0.4, 0.5) is 24.5 Å². The zero-order chi connectivity index (χ0) is 20.4. The number of amides is 2. The number of nitrogens with zero attached hydrogens (tertiary/aromatic N) is 1. The Kier molecular flexibility index (Phi) is 5.93. The summed E-state index contributed by atoms with van der Waals surface area (Å²) in [5.74, 6) is -1.23. The first-order valence-electron chi connectivity index (χ1n) is 8.32. The van der Waals surface area contributed by atoms with E-state index in [0.29, 0.717) is 5.69 Å². The van der Waals surface area contributed by atoms with E-state index in [9.17, 15) is 22.8 Å². The molecule has 27 heavy (non-hydrogen) atoms. The van der Waals surface area contributed by atoms with Crippen molar-refractivity contribution in [2.75, 3.05) is 16.8 Å². The number of hydrogen-bond acceptors (Lipinski definition) is 2. The molecule has 7 heteroatoms. The zero-order valence-corrected chi connectivity index (χ0v) is 15.6. The summed E-state index contributed by atoms with van der Waals surface area (Å²) in [5, 5.41) is 2.70. The number of rotatable bonds is 4. The maximum Gasteiger partial charge on any atom is 0.418 e. The van der Waals surface area contributed by atoms with Gasteiger partial charge >= 0.3 is 6.18 Å². The second-order valence-electron chi connectivity index (χ2n) is 6.44. The summed E-state index contributed by atoms with van der Waals surface area (Å²) in [6.45, 7) is 6.20. The van der Waals surface area contributed by atoms with Crippen molar-refractivity contribution >= 4 is 23.2 Å². The van der Waals surface area contributed by atoms with Crippen LogP contribution < -0.4 is 10.2 Å². The van der Waals surface area contributed by atoms with E-state index in [4.69, 9.17) is 0 Å². The van der Waals surface area contributed by atoms with Crippen LogP contribution in [0.5, 0.6) is 0 Å². The third-order valence-electron chi connectivity index (χ3n) is 4.12. The molecule has 2 amide bonds. The van der Waals surface area contributed by atoms with Crippen molar-refractivity contribution in [3.05, 3.63) is 58.7 Å². The Bertz CT molecular complexity index is 853. The minimum atomic E-state index is -4.63. The van der Waals surface area contributed by atoms with Gasteiger partial charge in [0.2, 0.25) is 11.8 Å². The van der Waals surface area contributed by atoms with Gasteiger partial charge in [-0.1, -0.05) is 29.8 Å².